The predicted molar refractivity (Wildman–Crippen MR) is 67.6 cm³/mol. The van der Waals surface area contributed by atoms with Gasteiger partial charge in [-0.15, -0.1) is 0 Å². The molecule has 0 amide bonds. The van der Waals surface area contributed by atoms with E-state index in [1.165, 1.54) is 12.1 Å². The van der Waals surface area contributed by atoms with Crippen LogP contribution in [0.15, 0.2) is 24.3 Å². The van der Waals surface area contributed by atoms with Crippen LogP contribution in [0.2, 0.25) is 0 Å². The van der Waals surface area contributed by atoms with Gasteiger partial charge in [0.15, 0.2) is 0 Å². The first-order valence-electron chi connectivity index (χ1n) is 5.42. The highest BCUT2D eigenvalue weighted by Gasteiger charge is 2.30. The Morgan fingerprint density at radius 2 is 1.83 bits per heavy atom. The van der Waals surface area contributed by atoms with Crippen molar-refractivity contribution in [1.29, 1.82) is 0 Å². The van der Waals surface area contributed by atoms with Gasteiger partial charge in [-0.05, 0) is 24.0 Å². The van der Waals surface area contributed by atoms with Crippen molar-refractivity contribution in [1.82, 2.24) is 0 Å². The quantitative estimate of drug-likeness (QED) is 0.870. The van der Waals surface area contributed by atoms with Crippen molar-refractivity contribution in [2.75, 3.05) is 18.6 Å². The second-order valence-electron chi connectivity index (χ2n) is 4.03. The van der Waals surface area contributed by atoms with Gasteiger partial charge in [-0.1, -0.05) is 12.1 Å². The molecule has 2 unspecified atom stereocenters. The molecule has 0 aromatic heterocycles. The Kier molecular flexibility index (Phi) is 5.49. The number of aliphatic hydroxyl groups excluding tert-OH is 1. The van der Waals surface area contributed by atoms with Crippen molar-refractivity contribution in [3.05, 3.63) is 35.4 Å². The molecule has 0 bridgehead atoms. The van der Waals surface area contributed by atoms with Crippen LogP contribution in [-0.2, 0) is 6.18 Å². The summed E-state index contributed by atoms with van der Waals surface area (Å²) in [5.41, 5.74) is 5.82. The first-order valence-corrected chi connectivity index (χ1v) is 6.82. The fourth-order valence-electron chi connectivity index (χ4n) is 1.69. The number of nitrogens with two attached hydrogens (primary N) is 1. The van der Waals surface area contributed by atoms with Crippen LogP contribution >= 0.6 is 11.8 Å². The Labute approximate surface area is 108 Å². The summed E-state index contributed by atoms with van der Waals surface area (Å²) in [6.45, 7) is -0.188. The molecule has 0 aliphatic rings. The van der Waals surface area contributed by atoms with Gasteiger partial charge in [-0.3, -0.25) is 0 Å². The van der Waals surface area contributed by atoms with Gasteiger partial charge in [0, 0.05) is 17.7 Å². The van der Waals surface area contributed by atoms with E-state index in [2.05, 4.69) is 0 Å². The molecule has 3 N–H and O–H groups in total. The van der Waals surface area contributed by atoms with Crippen molar-refractivity contribution < 1.29 is 18.3 Å². The van der Waals surface area contributed by atoms with Gasteiger partial charge in [0.2, 0.25) is 0 Å². The van der Waals surface area contributed by atoms with E-state index in [4.69, 9.17) is 10.8 Å². The van der Waals surface area contributed by atoms with Crippen molar-refractivity contribution >= 4 is 11.8 Å². The second-order valence-corrected chi connectivity index (χ2v) is 4.94. The summed E-state index contributed by atoms with van der Waals surface area (Å²) >= 11 is 1.54. The minimum absolute atomic E-state index is 0.146. The highest BCUT2D eigenvalue weighted by atomic mass is 32.2. The maximum absolute atomic E-state index is 12.4. The molecule has 18 heavy (non-hydrogen) atoms. The third-order valence-electron chi connectivity index (χ3n) is 2.74. The van der Waals surface area contributed by atoms with Crippen LogP contribution in [0.4, 0.5) is 13.2 Å². The van der Waals surface area contributed by atoms with Gasteiger partial charge < -0.3 is 10.8 Å². The van der Waals surface area contributed by atoms with Crippen molar-refractivity contribution in [3.63, 3.8) is 0 Å². The van der Waals surface area contributed by atoms with Gasteiger partial charge in [-0.2, -0.15) is 24.9 Å². The minimum atomic E-state index is -4.33. The Morgan fingerprint density at radius 3 is 2.22 bits per heavy atom. The number of benzene rings is 1. The molecule has 0 radical (unpaired) electrons. The molecule has 1 aromatic carbocycles. The monoisotopic (exact) mass is 279 g/mol. The van der Waals surface area contributed by atoms with Crippen LogP contribution in [0, 0.1) is 0 Å². The highest BCUT2D eigenvalue weighted by Crippen LogP contribution is 2.31. The predicted octanol–water partition coefficient (Wildman–Crippen LogP) is 2.47. The normalized spacial score (nSPS) is 15.4. The maximum Gasteiger partial charge on any atom is 0.416 e. The smallest absolute Gasteiger partial charge is 0.395 e. The van der Waals surface area contributed by atoms with E-state index in [0.717, 1.165) is 17.7 Å². The summed E-state index contributed by atoms with van der Waals surface area (Å²) < 4.78 is 37.3. The average Bonchev–Trinajstić information content (AvgIpc) is 2.34. The third kappa shape index (κ3) is 3.90. The van der Waals surface area contributed by atoms with Gasteiger partial charge in [0.25, 0.3) is 0 Å². The summed E-state index contributed by atoms with van der Waals surface area (Å²) in [7, 11) is 0. The van der Waals surface area contributed by atoms with Gasteiger partial charge in [0.05, 0.1) is 12.2 Å². The molecule has 102 valence electrons. The maximum atomic E-state index is 12.4. The van der Waals surface area contributed by atoms with Gasteiger partial charge in [0.1, 0.15) is 0 Å². The lowest BCUT2D eigenvalue weighted by molar-refractivity contribution is -0.137. The van der Waals surface area contributed by atoms with E-state index in [-0.39, 0.29) is 12.5 Å². The molecule has 2 atom stereocenters. The van der Waals surface area contributed by atoms with Crippen LogP contribution in [0.25, 0.3) is 0 Å². The Bertz CT molecular complexity index is 367. The van der Waals surface area contributed by atoms with Gasteiger partial charge in [-0.25, -0.2) is 0 Å². The molecule has 1 aromatic rings. The second kappa shape index (κ2) is 6.45. The summed E-state index contributed by atoms with van der Waals surface area (Å²) in [6, 6.07) is 4.49. The molecule has 0 aliphatic heterocycles. The summed E-state index contributed by atoms with van der Waals surface area (Å²) in [6.07, 6.45) is -2.44. The zero-order chi connectivity index (χ0) is 13.8. The number of halogens is 3. The van der Waals surface area contributed by atoms with E-state index in [9.17, 15) is 13.2 Å². The van der Waals surface area contributed by atoms with Crippen molar-refractivity contribution in [2.45, 2.75) is 18.1 Å². The Hall–Kier alpha value is -0.720. The number of thioether (sulfide) groups is 1. The topological polar surface area (TPSA) is 46.2 Å². The molecule has 1 rings (SSSR count). The summed E-state index contributed by atoms with van der Waals surface area (Å²) in [5, 5.41) is 9.06. The highest BCUT2D eigenvalue weighted by molar-refractivity contribution is 7.98. The Morgan fingerprint density at radius 1 is 1.28 bits per heavy atom. The fraction of sp³-hybridized carbons (Fsp3) is 0.500. The van der Waals surface area contributed by atoms with Gasteiger partial charge >= 0.3 is 6.18 Å². The minimum Gasteiger partial charge on any atom is -0.395 e. The van der Waals surface area contributed by atoms with Crippen molar-refractivity contribution in [3.8, 4) is 0 Å². The molecule has 0 spiro atoms. The zero-order valence-electron chi connectivity index (χ0n) is 9.95. The molecular weight excluding hydrogens is 263 g/mol. The SMILES string of the molecule is CSCC(c1ccc(C(F)(F)F)cc1)C(N)CO. The van der Waals surface area contributed by atoms with Crippen molar-refractivity contribution in [2.24, 2.45) is 5.73 Å². The lowest BCUT2D eigenvalue weighted by atomic mass is 9.93. The lowest BCUT2D eigenvalue weighted by Crippen LogP contribution is -2.33. The molecule has 0 aliphatic carbocycles. The van der Waals surface area contributed by atoms with Crippen LogP contribution in [0.3, 0.4) is 0 Å². The molecule has 0 heterocycles. The number of aliphatic hydroxyl groups is 1. The number of hydrogen-bond acceptors (Lipinski definition) is 3. The van der Waals surface area contributed by atoms with Crippen LogP contribution in [0.1, 0.15) is 17.0 Å². The standard InChI is InChI=1S/C12H16F3NOS/c1-18-7-10(11(16)6-17)8-2-4-9(5-3-8)12(13,14)15/h2-5,10-11,17H,6-7,16H2,1H3. The largest absolute Gasteiger partial charge is 0.416 e. The average molecular weight is 279 g/mol. The van der Waals surface area contributed by atoms with E-state index >= 15 is 0 Å². The zero-order valence-corrected chi connectivity index (χ0v) is 10.8. The third-order valence-corrected chi connectivity index (χ3v) is 3.43. The summed E-state index contributed by atoms with van der Waals surface area (Å²) in [5.74, 6) is 0.514. The van der Waals surface area contributed by atoms with E-state index in [1.807, 2.05) is 6.26 Å². The van der Waals surface area contributed by atoms with Crippen LogP contribution in [0.5, 0.6) is 0 Å². The molecule has 0 fully saturated rings. The summed E-state index contributed by atoms with van der Waals surface area (Å²) in [4.78, 5) is 0. The number of hydrogen-bond donors (Lipinski definition) is 2. The lowest BCUT2D eigenvalue weighted by Gasteiger charge is -2.22. The van der Waals surface area contributed by atoms with Crippen LogP contribution in [-0.4, -0.2) is 29.8 Å². The van der Waals surface area contributed by atoms with E-state index in [0.29, 0.717) is 5.75 Å². The molecule has 2 nitrogen and oxygen atoms in total. The number of rotatable bonds is 5. The Balaban J connectivity index is 2.93. The van der Waals surface area contributed by atoms with Crippen LogP contribution < -0.4 is 5.73 Å². The molecule has 0 saturated carbocycles. The number of alkyl halides is 3. The van der Waals surface area contributed by atoms with E-state index in [1.54, 1.807) is 11.8 Å². The molecular formula is C12H16F3NOS. The first kappa shape index (κ1) is 15.3. The first-order chi connectivity index (χ1) is 8.40. The fourth-order valence-corrected chi connectivity index (χ4v) is 2.49. The molecule has 6 heteroatoms. The van der Waals surface area contributed by atoms with E-state index < -0.39 is 17.8 Å². The molecule has 0 saturated heterocycles.